The van der Waals surface area contributed by atoms with Gasteiger partial charge in [0.2, 0.25) is 0 Å². The first kappa shape index (κ1) is 19.5. The van der Waals surface area contributed by atoms with E-state index in [0.717, 1.165) is 10.2 Å². The van der Waals surface area contributed by atoms with E-state index < -0.39 is 0 Å². The number of piperazine rings is 1. The Morgan fingerprint density at radius 1 is 1.07 bits per heavy atom. The van der Waals surface area contributed by atoms with Crippen molar-refractivity contribution in [3.8, 4) is 0 Å². The molecule has 1 saturated heterocycles. The van der Waals surface area contributed by atoms with Crippen molar-refractivity contribution < 1.29 is 14.3 Å². The minimum absolute atomic E-state index is 0.0136. The third-order valence-electron chi connectivity index (χ3n) is 5.43. The minimum Gasteiger partial charge on any atom is -0.450 e. The number of thiophene rings is 1. The molecule has 0 bridgehead atoms. The van der Waals surface area contributed by atoms with Crippen LogP contribution < -0.4 is 0 Å². The number of amides is 2. The van der Waals surface area contributed by atoms with E-state index in [1.54, 1.807) is 23.2 Å². The lowest BCUT2D eigenvalue weighted by molar-refractivity contribution is 0.0562. The largest absolute Gasteiger partial charge is 0.450 e. The van der Waals surface area contributed by atoms with Crippen molar-refractivity contribution in [2.24, 2.45) is 0 Å². The second-order valence-corrected chi connectivity index (χ2v) is 8.04. The lowest BCUT2D eigenvalue weighted by Gasteiger charge is -2.34. The first-order chi connectivity index (χ1) is 14.1. The number of ether oxygens (including phenoxy) is 1. The van der Waals surface area contributed by atoms with Crippen LogP contribution in [0.25, 0.3) is 10.2 Å². The third kappa shape index (κ3) is 3.74. The van der Waals surface area contributed by atoms with Crippen LogP contribution in [0.15, 0.2) is 47.8 Å². The highest BCUT2D eigenvalue weighted by atomic mass is 32.1. The molecule has 152 valence electrons. The number of carbonyl (C=O) groups excluding carboxylic acids is 2. The van der Waals surface area contributed by atoms with Gasteiger partial charge in [0.1, 0.15) is 10.5 Å². The van der Waals surface area contributed by atoms with E-state index in [1.165, 1.54) is 5.56 Å². The van der Waals surface area contributed by atoms with E-state index in [1.807, 2.05) is 29.2 Å². The van der Waals surface area contributed by atoms with Crippen LogP contribution in [0.1, 0.15) is 35.9 Å². The maximum absolute atomic E-state index is 13.4. The van der Waals surface area contributed by atoms with Crippen molar-refractivity contribution in [2.75, 3.05) is 32.8 Å². The van der Waals surface area contributed by atoms with Gasteiger partial charge in [-0.1, -0.05) is 30.3 Å². The molecule has 1 aliphatic rings. The fraction of sp³-hybridized carbons (Fsp3) is 0.364. The van der Waals surface area contributed by atoms with Gasteiger partial charge in [0.25, 0.3) is 5.91 Å². The van der Waals surface area contributed by atoms with Gasteiger partial charge in [-0.3, -0.25) is 4.79 Å². The molecule has 1 atom stereocenters. The normalized spacial score (nSPS) is 15.5. The van der Waals surface area contributed by atoms with E-state index >= 15 is 0 Å². The second-order valence-electron chi connectivity index (χ2n) is 7.15. The average Bonchev–Trinajstić information content (AvgIpc) is 3.35. The topological polar surface area (TPSA) is 54.8 Å². The van der Waals surface area contributed by atoms with Crippen LogP contribution in [0.3, 0.4) is 0 Å². The molecular formula is C22H25N3O3S. The first-order valence-corrected chi connectivity index (χ1v) is 10.8. The van der Waals surface area contributed by atoms with Gasteiger partial charge in [-0.15, -0.1) is 11.3 Å². The summed E-state index contributed by atoms with van der Waals surface area (Å²) in [6.45, 7) is 6.29. The molecule has 2 amide bonds. The van der Waals surface area contributed by atoms with Gasteiger partial charge in [-0.2, -0.15) is 0 Å². The number of fused-ring (bicyclic) bond motifs is 1. The zero-order valence-corrected chi connectivity index (χ0v) is 17.5. The van der Waals surface area contributed by atoms with Crippen molar-refractivity contribution in [1.29, 1.82) is 0 Å². The number of nitrogens with zero attached hydrogens (tertiary/aromatic N) is 3. The summed E-state index contributed by atoms with van der Waals surface area (Å²) < 4.78 is 7.22. The van der Waals surface area contributed by atoms with Crippen LogP contribution in [0.4, 0.5) is 4.79 Å². The van der Waals surface area contributed by atoms with Crippen LogP contribution >= 0.6 is 11.3 Å². The monoisotopic (exact) mass is 411 g/mol. The average molecular weight is 412 g/mol. The summed E-state index contributed by atoms with van der Waals surface area (Å²) in [6.07, 6.45) is -0.304. The highest BCUT2D eigenvalue weighted by molar-refractivity contribution is 7.16. The summed E-state index contributed by atoms with van der Waals surface area (Å²) in [7, 11) is 0. The summed E-state index contributed by atoms with van der Waals surface area (Å²) >= 11 is 1.65. The maximum Gasteiger partial charge on any atom is 0.409 e. The van der Waals surface area contributed by atoms with E-state index in [9.17, 15) is 9.59 Å². The summed E-state index contributed by atoms with van der Waals surface area (Å²) in [5, 5.41) is 3.15. The summed E-state index contributed by atoms with van der Waals surface area (Å²) in [4.78, 5) is 29.9. The number of carbonyl (C=O) groups is 2. The van der Waals surface area contributed by atoms with Crippen LogP contribution in [-0.2, 0) is 4.74 Å². The molecule has 4 rings (SSSR count). The zero-order valence-electron chi connectivity index (χ0n) is 16.7. The lowest BCUT2D eigenvalue weighted by atomic mass is 10.1. The Kier molecular flexibility index (Phi) is 5.58. The molecule has 0 radical (unpaired) electrons. The number of hydrogen-bond donors (Lipinski definition) is 0. The minimum atomic E-state index is -0.304. The van der Waals surface area contributed by atoms with Crippen LogP contribution in [0, 0.1) is 0 Å². The van der Waals surface area contributed by atoms with Gasteiger partial charge in [0, 0.05) is 31.6 Å². The number of rotatable bonds is 4. The second kappa shape index (κ2) is 8.29. The van der Waals surface area contributed by atoms with E-state index in [2.05, 4.69) is 35.1 Å². The predicted molar refractivity (Wildman–Crippen MR) is 115 cm³/mol. The van der Waals surface area contributed by atoms with Crippen molar-refractivity contribution in [1.82, 2.24) is 14.4 Å². The van der Waals surface area contributed by atoms with E-state index in [0.29, 0.717) is 38.5 Å². The Labute approximate surface area is 174 Å². The summed E-state index contributed by atoms with van der Waals surface area (Å²) in [5.74, 6) is 0.0136. The van der Waals surface area contributed by atoms with Crippen LogP contribution in [-0.4, -0.2) is 59.2 Å². The molecule has 0 N–H and O–H groups in total. The van der Waals surface area contributed by atoms with Gasteiger partial charge in [0.15, 0.2) is 0 Å². The summed E-state index contributed by atoms with van der Waals surface area (Å²) in [6, 6.07) is 14.3. The highest BCUT2D eigenvalue weighted by Gasteiger charge is 2.29. The molecule has 29 heavy (non-hydrogen) atoms. The van der Waals surface area contributed by atoms with Gasteiger partial charge in [-0.25, -0.2) is 4.79 Å². The molecule has 3 heterocycles. The smallest absolute Gasteiger partial charge is 0.409 e. The molecule has 3 aromatic rings. The van der Waals surface area contributed by atoms with Gasteiger partial charge >= 0.3 is 6.09 Å². The Bertz CT molecular complexity index is 1000. The Morgan fingerprint density at radius 2 is 1.76 bits per heavy atom. The molecule has 0 saturated carbocycles. The lowest BCUT2D eigenvalue weighted by Crippen LogP contribution is -2.51. The van der Waals surface area contributed by atoms with Gasteiger partial charge in [-0.05, 0) is 36.9 Å². The molecule has 1 unspecified atom stereocenters. The number of aromatic nitrogens is 1. The fourth-order valence-electron chi connectivity index (χ4n) is 3.84. The first-order valence-electron chi connectivity index (χ1n) is 9.94. The quantitative estimate of drug-likeness (QED) is 0.646. The van der Waals surface area contributed by atoms with Gasteiger partial charge < -0.3 is 19.1 Å². The third-order valence-corrected chi connectivity index (χ3v) is 6.35. The standard InChI is InChI=1S/C22H25N3O3S/c1-3-28-22(27)24-12-10-23(11-13-24)20(26)19-15-18-9-14-29-21(18)25(19)16(2)17-7-5-4-6-8-17/h4-9,14-16H,3,10-13H2,1-2H3. The zero-order chi connectivity index (χ0) is 20.4. The Balaban J connectivity index is 1.59. The Morgan fingerprint density at radius 3 is 2.45 bits per heavy atom. The van der Waals surface area contributed by atoms with Crippen molar-refractivity contribution in [2.45, 2.75) is 19.9 Å². The predicted octanol–water partition coefficient (Wildman–Crippen LogP) is 4.23. The van der Waals surface area contributed by atoms with Crippen LogP contribution in [0.5, 0.6) is 0 Å². The van der Waals surface area contributed by atoms with Gasteiger partial charge in [0.05, 0.1) is 12.6 Å². The molecule has 7 heteroatoms. The van der Waals surface area contributed by atoms with Crippen molar-refractivity contribution >= 4 is 33.6 Å². The number of hydrogen-bond acceptors (Lipinski definition) is 4. The van der Waals surface area contributed by atoms with Crippen molar-refractivity contribution in [3.05, 3.63) is 59.1 Å². The SMILES string of the molecule is CCOC(=O)N1CCN(C(=O)c2cc3ccsc3n2C(C)c2ccccc2)CC1. The molecule has 1 aromatic carbocycles. The van der Waals surface area contributed by atoms with Crippen molar-refractivity contribution in [3.63, 3.8) is 0 Å². The number of benzene rings is 1. The molecule has 2 aromatic heterocycles. The molecule has 1 fully saturated rings. The fourth-order valence-corrected chi connectivity index (χ4v) is 4.82. The summed E-state index contributed by atoms with van der Waals surface area (Å²) in [5.41, 5.74) is 1.87. The molecule has 6 nitrogen and oxygen atoms in total. The molecule has 0 spiro atoms. The van der Waals surface area contributed by atoms with E-state index in [-0.39, 0.29) is 18.0 Å². The van der Waals surface area contributed by atoms with Crippen LogP contribution in [0.2, 0.25) is 0 Å². The van der Waals surface area contributed by atoms with E-state index in [4.69, 9.17) is 4.74 Å². The highest BCUT2D eigenvalue weighted by Crippen LogP contribution is 2.32. The molecular weight excluding hydrogens is 386 g/mol. The Hall–Kier alpha value is -2.80. The maximum atomic E-state index is 13.4. The molecule has 1 aliphatic heterocycles. The molecule has 0 aliphatic carbocycles.